The Bertz CT molecular complexity index is 641. The average Bonchev–Trinajstić information content (AvgIpc) is 2.41. The predicted molar refractivity (Wildman–Crippen MR) is 87.4 cm³/mol. The van der Waals surface area contributed by atoms with Crippen LogP contribution in [0.15, 0.2) is 24.3 Å². The molecule has 0 bridgehead atoms. The minimum atomic E-state index is 0.602. The smallest absolute Gasteiger partial charge is 0.224 e. The molecule has 0 unspecified atom stereocenters. The molecule has 0 saturated carbocycles. The summed E-state index contributed by atoms with van der Waals surface area (Å²) in [7, 11) is 0. The summed E-state index contributed by atoms with van der Waals surface area (Å²) in [5, 5.41) is 3.92. The van der Waals surface area contributed by atoms with Crippen molar-refractivity contribution in [3.05, 3.63) is 51.7 Å². The molecule has 0 radical (unpaired) electrons. The number of aromatic nitrogens is 1. The first-order valence-corrected chi connectivity index (χ1v) is 7.51. The van der Waals surface area contributed by atoms with Gasteiger partial charge in [0.1, 0.15) is 5.75 Å². The van der Waals surface area contributed by atoms with E-state index in [0.29, 0.717) is 16.7 Å². The first kappa shape index (κ1) is 15.8. The minimum absolute atomic E-state index is 0.602. The number of pyridine rings is 1. The maximum absolute atomic E-state index is 6.25. The summed E-state index contributed by atoms with van der Waals surface area (Å²) in [5.41, 5.74) is 4.28. The third-order valence-electron chi connectivity index (χ3n) is 3.28. The van der Waals surface area contributed by atoms with Gasteiger partial charge in [0.2, 0.25) is 5.88 Å². The molecule has 1 heterocycles. The van der Waals surface area contributed by atoms with Crippen LogP contribution in [0.2, 0.25) is 5.02 Å². The summed E-state index contributed by atoms with van der Waals surface area (Å²) < 4.78 is 5.97. The van der Waals surface area contributed by atoms with Gasteiger partial charge in [-0.15, -0.1) is 0 Å². The fourth-order valence-corrected chi connectivity index (χ4v) is 2.44. The van der Waals surface area contributed by atoms with Crippen LogP contribution in [0.1, 0.15) is 29.3 Å². The zero-order valence-corrected chi connectivity index (χ0v) is 13.7. The molecule has 0 atom stereocenters. The molecule has 0 amide bonds. The van der Waals surface area contributed by atoms with Crippen LogP contribution in [0.3, 0.4) is 0 Å². The molecule has 1 N–H and O–H groups in total. The summed E-state index contributed by atoms with van der Waals surface area (Å²) in [5.74, 6) is 1.26. The van der Waals surface area contributed by atoms with Gasteiger partial charge in [0.15, 0.2) is 0 Å². The highest BCUT2D eigenvalue weighted by molar-refractivity contribution is 6.32. The van der Waals surface area contributed by atoms with Crippen LogP contribution in [0.25, 0.3) is 0 Å². The first-order valence-electron chi connectivity index (χ1n) is 7.13. The number of nitrogens with one attached hydrogen (secondary N) is 1. The highest BCUT2D eigenvalue weighted by atomic mass is 35.5. The van der Waals surface area contributed by atoms with Gasteiger partial charge in [-0.05, 0) is 56.6 Å². The van der Waals surface area contributed by atoms with Crippen LogP contribution in [0.4, 0.5) is 0 Å². The van der Waals surface area contributed by atoms with E-state index in [1.165, 1.54) is 5.56 Å². The van der Waals surface area contributed by atoms with Crippen LogP contribution < -0.4 is 10.1 Å². The molecule has 21 heavy (non-hydrogen) atoms. The van der Waals surface area contributed by atoms with Crippen LogP contribution in [0, 0.1) is 20.8 Å². The van der Waals surface area contributed by atoms with Crippen LogP contribution in [-0.4, -0.2) is 11.5 Å². The predicted octanol–water partition coefficient (Wildman–Crippen LogP) is 4.56. The Morgan fingerprint density at radius 3 is 2.62 bits per heavy atom. The summed E-state index contributed by atoms with van der Waals surface area (Å²) in [6.45, 7) is 9.75. The van der Waals surface area contributed by atoms with Crippen molar-refractivity contribution in [3.8, 4) is 11.6 Å². The average molecular weight is 305 g/mol. The molecule has 4 heteroatoms. The van der Waals surface area contributed by atoms with E-state index in [2.05, 4.69) is 30.2 Å². The normalized spacial score (nSPS) is 10.7. The number of rotatable bonds is 5. The number of hydrogen-bond acceptors (Lipinski definition) is 3. The van der Waals surface area contributed by atoms with Gasteiger partial charge < -0.3 is 10.1 Å². The van der Waals surface area contributed by atoms with E-state index in [1.54, 1.807) is 0 Å². The molecule has 1 aromatic carbocycles. The molecule has 3 nitrogen and oxygen atoms in total. The van der Waals surface area contributed by atoms with Gasteiger partial charge in [-0.1, -0.05) is 24.6 Å². The first-order chi connectivity index (χ1) is 10.0. The van der Waals surface area contributed by atoms with Crippen molar-refractivity contribution in [2.75, 3.05) is 6.54 Å². The third-order valence-corrected chi connectivity index (χ3v) is 3.58. The quantitative estimate of drug-likeness (QED) is 0.879. The van der Waals surface area contributed by atoms with E-state index in [-0.39, 0.29) is 0 Å². The van der Waals surface area contributed by atoms with Crippen molar-refractivity contribution in [3.63, 3.8) is 0 Å². The summed E-state index contributed by atoms with van der Waals surface area (Å²) in [6.07, 6.45) is 0. The van der Waals surface area contributed by atoms with E-state index >= 15 is 0 Å². The zero-order chi connectivity index (χ0) is 15.4. The second-order valence-corrected chi connectivity index (χ2v) is 5.59. The lowest BCUT2D eigenvalue weighted by Gasteiger charge is -2.15. The number of aryl methyl sites for hydroxylation is 3. The second kappa shape index (κ2) is 6.92. The fraction of sp³-hybridized carbons (Fsp3) is 0.353. The van der Waals surface area contributed by atoms with Gasteiger partial charge in [0.25, 0.3) is 0 Å². The number of benzene rings is 1. The second-order valence-electron chi connectivity index (χ2n) is 5.18. The largest absolute Gasteiger partial charge is 0.437 e. The molecule has 0 aliphatic carbocycles. The Morgan fingerprint density at radius 1 is 1.19 bits per heavy atom. The molecule has 112 valence electrons. The molecule has 0 fully saturated rings. The lowest BCUT2D eigenvalue weighted by molar-refractivity contribution is 0.451. The van der Waals surface area contributed by atoms with Gasteiger partial charge >= 0.3 is 0 Å². The lowest BCUT2D eigenvalue weighted by Crippen LogP contribution is -2.14. The van der Waals surface area contributed by atoms with E-state index < -0.39 is 0 Å². The van der Waals surface area contributed by atoms with Crippen molar-refractivity contribution in [2.45, 2.75) is 34.2 Å². The van der Waals surface area contributed by atoms with Crippen LogP contribution in [0.5, 0.6) is 11.6 Å². The number of hydrogen-bond donors (Lipinski definition) is 1. The van der Waals surface area contributed by atoms with Gasteiger partial charge in [0, 0.05) is 17.8 Å². The Kier molecular flexibility index (Phi) is 5.21. The number of nitrogens with zero attached hydrogens (tertiary/aromatic N) is 1. The van der Waals surface area contributed by atoms with Gasteiger partial charge in [-0.2, -0.15) is 0 Å². The summed E-state index contributed by atoms with van der Waals surface area (Å²) >= 11 is 6.25. The number of halogens is 1. The molecule has 0 aliphatic heterocycles. The molecule has 0 spiro atoms. The molecular formula is C17H21ClN2O. The number of ether oxygens (including phenoxy) is 1. The SMILES string of the molecule is CCNCc1c(C)cc(C)nc1Oc1ccc(C)cc1Cl. The van der Waals surface area contributed by atoms with Crippen molar-refractivity contribution in [2.24, 2.45) is 0 Å². The lowest BCUT2D eigenvalue weighted by atomic mass is 10.1. The maximum Gasteiger partial charge on any atom is 0.224 e. The monoisotopic (exact) mass is 304 g/mol. The Balaban J connectivity index is 2.37. The summed E-state index contributed by atoms with van der Waals surface area (Å²) in [6, 6.07) is 7.82. The molecule has 0 aliphatic rings. The topological polar surface area (TPSA) is 34.2 Å². The molecule has 0 saturated heterocycles. The zero-order valence-electron chi connectivity index (χ0n) is 13.0. The van der Waals surface area contributed by atoms with Crippen molar-refractivity contribution in [1.29, 1.82) is 0 Å². The van der Waals surface area contributed by atoms with E-state index in [1.807, 2.05) is 32.0 Å². The van der Waals surface area contributed by atoms with E-state index in [9.17, 15) is 0 Å². The van der Waals surface area contributed by atoms with Gasteiger partial charge in [-0.25, -0.2) is 4.98 Å². The molecule has 1 aromatic heterocycles. The Hall–Kier alpha value is -1.58. The highest BCUT2D eigenvalue weighted by Crippen LogP contribution is 2.32. The van der Waals surface area contributed by atoms with Crippen molar-refractivity contribution >= 4 is 11.6 Å². The van der Waals surface area contributed by atoms with Gasteiger partial charge in [0.05, 0.1) is 5.02 Å². The third kappa shape index (κ3) is 3.96. The summed E-state index contributed by atoms with van der Waals surface area (Å²) in [4.78, 5) is 4.52. The van der Waals surface area contributed by atoms with Crippen LogP contribution >= 0.6 is 11.6 Å². The standard InChI is InChI=1S/C17H21ClN2O/c1-5-19-10-14-12(3)9-13(4)20-17(14)21-16-7-6-11(2)8-15(16)18/h6-9,19H,5,10H2,1-4H3. The van der Waals surface area contributed by atoms with Crippen molar-refractivity contribution < 1.29 is 4.74 Å². The van der Waals surface area contributed by atoms with Gasteiger partial charge in [-0.3, -0.25) is 0 Å². The Labute approximate surface area is 131 Å². The molecule has 2 aromatic rings. The van der Waals surface area contributed by atoms with Crippen LogP contribution in [-0.2, 0) is 6.54 Å². The molecule has 2 rings (SSSR count). The van der Waals surface area contributed by atoms with Crippen molar-refractivity contribution in [1.82, 2.24) is 10.3 Å². The fourth-order valence-electron chi connectivity index (χ4n) is 2.17. The Morgan fingerprint density at radius 2 is 1.95 bits per heavy atom. The molecular weight excluding hydrogens is 284 g/mol. The minimum Gasteiger partial charge on any atom is -0.437 e. The van der Waals surface area contributed by atoms with E-state index in [0.717, 1.165) is 29.9 Å². The maximum atomic E-state index is 6.25. The highest BCUT2D eigenvalue weighted by Gasteiger charge is 2.12. The van der Waals surface area contributed by atoms with E-state index in [4.69, 9.17) is 16.3 Å².